The quantitative estimate of drug-likeness (QED) is 0.398. The Morgan fingerprint density at radius 1 is 1.00 bits per heavy atom. The lowest BCUT2D eigenvalue weighted by Gasteiger charge is -2.32. The van der Waals surface area contributed by atoms with Crippen molar-refractivity contribution in [1.82, 2.24) is 4.90 Å². The van der Waals surface area contributed by atoms with Crippen LogP contribution in [0.25, 0.3) is 0 Å². The third kappa shape index (κ3) is 6.71. The Morgan fingerprint density at radius 3 is 2.32 bits per heavy atom. The molecule has 3 aromatic rings. The van der Waals surface area contributed by atoms with Gasteiger partial charge in [0.2, 0.25) is 0 Å². The van der Waals surface area contributed by atoms with Gasteiger partial charge < -0.3 is 16.0 Å². The number of halogens is 3. The number of nitrogens with one attached hydrogen (secondary N) is 1. The van der Waals surface area contributed by atoms with Crippen LogP contribution in [0.5, 0.6) is 0 Å². The molecule has 0 radical (unpaired) electrons. The number of hydrogen-bond donors (Lipinski definition) is 2. The summed E-state index contributed by atoms with van der Waals surface area (Å²) >= 11 is 3.37. The summed E-state index contributed by atoms with van der Waals surface area (Å²) in [4.78, 5) is 27.4. The van der Waals surface area contributed by atoms with E-state index in [1.807, 2.05) is 26.0 Å². The Labute approximate surface area is 206 Å². The van der Waals surface area contributed by atoms with Crippen molar-refractivity contribution >= 4 is 33.4 Å². The van der Waals surface area contributed by atoms with Gasteiger partial charge in [0.15, 0.2) is 0 Å². The van der Waals surface area contributed by atoms with E-state index < -0.39 is 23.0 Å². The molecular weight excluding hydrogens is 504 g/mol. The highest BCUT2D eigenvalue weighted by Crippen LogP contribution is 2.22. The van der Waals surface area contributed by atoms with Crippen LogP contribution in [-0.4, -0.2) is 29.8 Å². The lowest BCUT2D eigenvalue weighted by molar-refractivity contribution is 0.0672. The molecule has 0 aliphatic carbocycles. The zero-order valence-electron chi connectivity index (χ0n) is 18.9. The summed E-state index contributed by atoms with van der Waals surface area (Å²) in [7, 11) is 0. The Morgan fingerprint density at radius 2 is 1.68 bits per heavy atom. The maximum Gasteiger partial charge on any atom is 0.256 e. The van der Waals surface area contributed by atoms with Crippen LogP contribution in [0.1, 0.15) is 40.1 Å². The Bertz CT molecular complexity index is 1180. The first-order valence-corrected chi connectivity index (χ1v) is 11.5. The molecule has 0 aromatic heterocycles. The molecule has 3 N–H and O–H groups in total. The zero-order valence-corrected chi connectivity index (χ0v) is 20.5. The molecule has 0 unspecified atom stereocenters. The molecule has 0 saturated carbocycles. The third-order valence-electron chi connectivity index (χ3n) is 5.24. The molecule has 0 saturated heterocycles. The van der Waals surface area contributed by atoms with Crippen molar-refractivity contribution in [3.05, 3.63) is 99.5 Å². The largest absolute Gasteiger partial charge is 0.334 e. The molecule has 0 bridgehead atoms. The number of amides is 2. The summed E-state index contributed by atoms with van der Waals surface area (Å²) in [6.07, 6.45) is 0. The molecule has 0 atom stereocenters. The maximum absolute atomic E-state index is 13.8. The van der Waals surface area contributed by atoms with Gasteiger partial charge in [0.1, 0.15) is 11.6 Å². The van der Waals surface area contributed by atoms with E-state index in [1.165, 1.54) is 4.90 Å². The number of anilines is 1. The van der Waals surface area contributed by atoms with Gasteiger partial charge in [-0.05, 0) is 69.9 Å². The molecular formula is C26H26BrF2N3O2. The van der Waals surface area contributed by atoms with Gasteiger partial charge in [-0.25, -0.2) is 8.78 Å². The molecule has 34 heavy (non-hydrogen) atoms. The molecule has 0 fully saturated rings. The molecule has 0 heterocycles. The van der Waals surface area contributed by atoms with Crippen molar-refractivity contribution in [2.24, 2.45) is 11.1 Å². The van der Waals surface area contributed by atoms with Crippen LogP contribution >= 0.6 is 15.9 Å². The molecule has 3 aromatic carbocycles. The summed E-state index contributed by atoms with van der Waals surface area (Å²) in [5.74, 6) is -2.43. The van der Waals surface area contributed by atoms with Gasteiger partial charge in [-0.15, -0.1) is 0 Å². The van der Waals surface area contributed by atoms with Crippen LogP contribution in [0.15, 0.2) is 71.2 Å². The lowest BCUT2D eigenvalue weighted by Crippen LogP contribution is -2.41. The van der Waals surface area contributed by atoms with E-state index in [1.54, 1.807) is 36.4 Å². The summed E-state index contributed by atoms with van der Waals surface area (Å²) in [5, 5.41) is 2.86. The molecule has 0 spiro atoms. The smallest absolute Gasteiger partial charge is 0.256 e. The van der Waals surface area contributed by atoms with E-state index in [0.717, 1.165) is 23.8 Å². The predicted octanol–water partition coefficient (Wildman–Crippen LogP) is 5.61. The fourth-order valence-electron chi connectivity index (χ4n) is 3.45. The Kier molecular flexibility index (Phi) is 8.17. The minimum absolute atomic E-state index is 0.0799. The van der Waals surface area contributed by atoms with Crippen molar-refractivity contribution < 1.29 is 18.4 Å². The SMILES string of the molecule is CC(C)(CN)CN(Cc1cccc(NC(=O)c2ccccc2Br)c1)C(=O)c1cc(F)cc(F)c1. The second kappa shape index (κ2) is 10.9. The monoisotopic (exact) mass is 529 g/mol. The van der Waals surface area contributed by atoms with E-state index in [-0.39, 0.29) is 24.6 Å². The van der Waals surface area contributed by atoms with Crippen LogP contribution in [-0.2, 0) is 6.54 Å². The highest BCUT2D eigenvalue weighted by atomic mass is 79.9. The zero-order chi connectivity index (χ0) is 24.9. The van der Waals surface area contributed by atoms with E-state index in [4.69, 9.17) is 5.73 Å². The number of benzene rings is 3. The summed E-state index contributed by atoms with van der Waals surface area (Å²) in [5.41, 5.74) is 7.15. The molecule has 2 amide bonds. The van der Waals surface area contributed by atoms with Crippen molar-refractivity contribution in [2.45, 2.75) is 20.4 Å². The second-order valence-electron chi connectivity index (χ2n) is 8.82. The van der Waals surface area contributed by atoms with Gasteiger partial charge in [0, 0.05) is 34.9 Å². The predicted molar refractivity (Wildman–Crippen MR) is 132 cm³/mol. The highest BCUT2D eigenvalue weighted by Gasteiger charge is 2.25. The Hall–Kier alpha value is -3.10. The molecule has 8 heteroatoms. The molecule has 0 aliphatic heterocycles. The molecule has 5 nitrogen and oxygen atoms in total. The normalized spacial score (nSPS) is 11.2. The van der Waals surface area contributed by atoms with Crippen molar-refractivity contribution in [1.29, 1.82) is 0 Å². The first-order valence-electron chi connectivity index (χ1n) is 10.7. The second-order valence-corrected chi connectivity index (χ2v) is 9.68. The first-order chi connectivity index (χ1) is 16.1. The van der Waals surface area contributed by atoms with Crippen LogP contribution in [0.4, 0.5) is 14.5 Å². The minimum atomic E-state index is -0.821. The van der Waals surface area contributed by atoms with Gasteiger partial charge in [0.05, 0.1) is 5.56 Å². The van der Waals surface area contributed by atoms with Gasteiger partial charge in [-0.2, -0.15) is 0 Å². The number of nitrogens with zero attached hydrogens (tertiary/aromatic N) is 1. The minimum Gasteiger partial charge on any atom is -0.334 e. The summed E-state index contributed by atoms with van der Waals surface area (Å²) in [6.45, 7) is 4.57. The van der Waals surface area contributed by atoms with Crippen LogP contribution < -0.4 is 11.1 Å². The van der Waals surface area contributed by atoms with Crippen molar-refractivity contribution in [2.75, 3.05) is 18.4 Å². The summed E-state index contributed by atoms with van der Waals surface area (Å²) in [6, 6.07) is 16.9. The standard InChI is InChI=1S/C26H26BrF2N3O2/c1-26(2,15-30)16-32(25(34)18-11-19(28)13-20(29)12-18)14-17-6-5-7-21(10-17)31-24(33)22-8-3-4-9-23(22)27/h3-13H,14-16,30H2,1-2H3,(H,31,33). The molecule has 3 rings (SSSR count). The van der Waals surface area contributed by atoms with Crippen LogP contribution in [0.3, 0.4) is 0 Å². The fraction of sp³-hybridized carbons (Fsp3) is 0.231. The number of carbonyl (C=O) groups is 2. The van der Waals surface area contributed by atoms with E-state index in [9.17, 15) is 18.4 Å². The summed E-state index contributed by atoms with van der Waals surface area (Å²) < 4.78 is 28.2. The van der Waals surface area contributed by atoms with Crippen molar-refractivity contribution in [3.8, 4) is 0 Å². The van der Waals surface area contributed by atoms with Crippen LogP contribution in [0.2, 0.25) is 0 Å². The number of nitrogens with two attached hydrogens (primary N) is 1. The van der Waals surface area contributed by atoms with Crippen LogP contribution in [0, 0.1) is 17.0 Å². The van der Waals surface area contributed by atoms with Gasteiger partial charge in [0.25, 0.3) is 11.8 Å². The highest BCUT2D eigenvalue weighted by molar-refractivity contribution is 9.10. The number of carbonyl (C=O) groups excluding carboxylic acids is 2. The van der Waals surface area contributed by atoms with Gasteiger partial charge in [-0.3, -0.25) is 9.59 Å². The van der Waals surface area contributed by atoms with E-state index in [2.05, 4.69) is 21.2 Å². The number of rotatable bonds is 8. The Balaban J connectivity index is 1.85. The van der Waals surface area contributed by atoms with Crippen molar-refractivity contribution in [3.63, 3.8) is 0 Å². The fourth-order valence-corrected chi connectivity index (χ4v) is 3.92. The average molecular weight is 530 g/mol. The third-order valence-corrected chi connectivity index (χ3v) is 5.94. The van der Waals surface area contributed by atoms with E-state index in [0.29, 0.717) is 22.3 Å². The van der Waals surface area contributed by atoms with Gasteiger partial charge >= 0.3 is 0 Å². The van der Waals surface area contributed by atoms with Gasteiger partial charge in [-0.1, -0.05) is 38.1 Å². The first kappa shape index (κ1) is 25.5. The topological polar surface area (TPSA) is 75.4 Å². The number of hydrogen-bond acceptors (Lipinski definition) is 3. The lowest BCUT2D eigenvalue weighted by atomic mass is 9.92. The average Bonchev–Trinajstić information content (AvgIpc) is 2.78. The van der Waals surface area contributed by atoms with E-state index >= 15 is 0 Å². The molecule has 0 aliphatic rings. The maximum atomic E-state index is 13.8. The molecule has 178 valence electrons.